The lowest BCUT2D eigenvalue weighted by Gasteiger charge is -2.35. The van der Waals surface area contributed by atoms with Crippen molar-refractivity contribution in [3.05, 3.63) is 0 Å². The molecule has 17 heavy (non-hydrogen) atoms. The van der Waals surface area contributed by atoms with E-state index in [1.807, 2.05) is 13.8 Å². The third-order valence-electron chi connectivity index (χ3n) is 3.25. The number of rotatable bonds is 5. The number of hydrogen-bond acceptors (Lipinski definition) is 3. The molecule has 1 heterocycles. The number of nitrogens with zero attached hydrogens (tertiary/aromatic N) is 2. The zero-order chi connectivity index (χ0) is 13.3. The van der Waals surface area contributed by atoms with E-state index in [0.717, 1.165) is 13.0 Å². The molecule has 2 N–H and O–H groups in total. The van der Waals surface area contributed by atoms with Crippen molar-refractivity contribution in [2.45, 2.75) is 45.6 Å². The van der Waals surface area contributed by atoms with Gasteiger partial charge in [0.05, 0.1) is 0 Å². The molecule has 0 unspecified atom stereocenters. The smallest absolute Gasteiger partial charge is 0.217 e. The van der Waals surface area contributed by atoms with E-state index in [1.165, 1.54) is 25.9 Å². The number of piperidine rings is 1. The zero-order valence-corrected chi connectivity index (χ0v) is 11.9. The van der Waals surface area contributed by atoms with Gasteiger partial charge in [-0.2, -0.15) is 0 Å². The lowest BCUT2D eigenvalue weighted by molar-refractivity contribution is -0.118. The van der Waals surface area contributed by atoms with E-state index in [2.05, 4.69) is 23.9 Å². The molecule has 102 valence electrons. The van der Waals surface area contributed by atoms with E-state index < -0.39 is 0 Å². The lowest BCUT2D eigenvalue weighted by atomic mass is 10.0. The summed E-state index contributed by atoms with van der Waals surface area (Å²) >= 11 is 0. The Balaban J connectivity index is 0.00000121. The minimum Gasteiger partial charge on any atom is -0.370 e. The van der Waals surface area contributed by atoms with Crippen LogP contribution in [0.25, 0.3) is 0 Å². The largest absolute Gasteiger partial charge is 0.370 e. The first kappa shape index (κ1) is 16.4. The van der Waals surface area contributed by atoms with E-state index in [0.29, 0.717) is 12.5 Å². The van der Waals surface area contributed by atoms with Crippen molar-refractivity contribution >= 4 is 5.91 Å². The standard InChI is InChI=1S/C11H23N3O.C2H6/c1-13-8-5-10(6-9-13)14(2)7-3-4-11(12)15;1-2/h10H,3-9H2,1-2H3,(H2,12,15);1-2H3. The normalized spacial score (nSPS) is 17.7. The summed E-state index contributed by atoms with van der Waals surface area (Å²) in [5.41, 5.74) is 5.11. The second-order valence-corrected chi connectivity index (χ2v) is 4.58. The Morgan fingerprint density at radius 3 is 2.35 bits per heavy atom. The third kappa shape index (κ3) is 7.34. The fourth-order valence-electron chi connectivity index (χ4n) is 2.12. The summed E-state index contributed by atoms with van der Waals surface area (Å²) in [6.45, 7) is 7.35. The number of primary amides is 1. The van der Waals surface area contributed by atoms with Crippen molar-refractivity contribution in [2.75, 3.05) is 33.7 Å². The molecular formula is C13H29N3O. The van der Waals surface area contributed by atoms with Crippen molar-refractivity contribution < 1.29 is 4.79 Å². The Hall–Kier alpha value is -0.610. The Kier molecular flexibility index (Phi) is 9.09. The van der Waals surface area contributed by atoms with Crippen LogP contribution in [0.5, 0.6) is 0 Å². The Bertz CT molecular complexity index is 201. The molecule has 0 aromatic rings. The zero-order valence-electron chi connectivity index (χ0n) is 11.9. The minimum atomic E-state index is -0.188. The number of hydrogen-bond donors (Lipinski definition) is 1. The number of nitrogens with two attached hydrogens (primary N) is 1. The van der Waals surface area contributed by atoms with Gasteiger partial charge >= 0.3 is 0 Å². The average molecular weight is 243 g/mol. The maximum Gasteiger partial charge on any atom is 0.217 e. The molecule has 0 aromatic carbocycles. The van der Waals surface area contributed by atoms with E-state index in [9.17, 15) is 4.79 Å². The lowest BCUT2D eigenvalue weighted by Crippen LogP contribution is -2.42. The molecule has 0 spiro atoms. The number of likely N-dealkylation sites (tertiary alicyclic amines) is 1. The van der Waals surface area contributed by atoms with Gasteiger partial charge in [0.2, 0.25) is 5.91 Å². The average Bonchev–Trinajstić information content (AvgIpc) is 2.32. The van der Waals surface area contributed by atoms with E-state index in [1.54, 1.807) is 0 Å². The summed E-state index contributed by atoms with van der Waals surface area (Å²) in [7, 11) is 4.32. The van der Waals surface area contributed by atoms with Crippen LogP contribution in [-0.2, 0) is 4.79 Å². The molecule has 1 saturated heterocycles. The van der Waals surface area contributed by atoms with Gasteiger partial charge in [0.15, 0.2) is 0 Å². The Labute approximate surface area is 106 Å². The van der Waals surface area contributed by atoms with Gasteiger partial charge in [-0.15, -0.1) is 0 Å². The highest BCUT2D eigenvalue weighted by molar-refractivity contribution is 5.73. The van der Waals surface area contributed by atoms with Crippen molar-refractivity contribution in [2.24, 2.45) is 5.73 Å². The SMILES string of the molecule is CC.CN1CCC(N(C)CCCC(N)=O)CC1. The highest BCUT2D eigenvalue weighted by Crippen LogP contribution is 2.14. The molecule has 4 heteroatoms. The minimum absolute atomic E-state index is 0.188. The maximum atomic E-state index is 10.6. The van der Waals surface area contributed by atoms with Gasteiger partial charge in [-0.1, -0.05) is 13.8 Å². The summed E-state index contributed by atoms with van der Waals surface area (Å²) in [6, 6.07) is 0.689. The van der Waals surface area contributed by atoms with Gasteiger partial charge in [-0.3, -0.25) is 4.79 Å². The third-order valence-corrected chi connectivity index (χ3v) is 3.25. The molecule has 1 aliphatic heterocycles. The molecule has 0 atom stereocenters. The van der Waals surface area contributed by atoms with E-state index in [4.69, 9.17) is 5.73 Å². The first-order valence-corrected chi connectivity index (χ1v) is 6.76. The molecule has 1 rings (SSSR count). The van der Waals surface area contributed by atoms with E-state index >= 15 is 0 Å². The first-order chi connectivity index (χ1) is 8.09. The fourth-order valence-corrected chi connectivity index (χ4v) is 2.12. The van der Waals surface area contributed by atoms with E-state index in [-0.39, 0.29) is 5.91 Å². The molecule has 0 bridgehead atoms. The number of carbonyl (C=O) groups excluding carboxylic acids is 1. The highest BCUT2D eigenvalue weighted by atomic mass is 16.1. The molecule has 1 aliphatic rings. The molecule has 0 radical (unpaired) electrons. The molecule has 0 saturated carbocycles. The fraction of sp³-hybridized carbons (Fsp3) is 0.923. The molecule has 1 fully saturated rings. The summed E-state index contributed by atoms with van der Waals surface area (Å²) in [5.74, 6) is -0.188. The number of carbonyl (C=O) groups is 1. The van der Waals surface area contributed by atoms with Crippen molar-refractivity contribution in [3.63, 3.8) is 0 Å². The second kappa shape index (κ2) is 9.42. The van der Waals surface area contributed by atoms with Gasteiger partial charge in [-0.25, -0.2) is 0 Å². The van der Waals surface area contributed by atoms with Crippen LogP contribution in [0.4, 0.5) is 0 Å². The summed E-state index contributed by atoms with van der Waals surface area (Å²) < 4.78 is 0. The summed E-state index contributed by atoms with van der Waals surface area (Å²) in [6.07, 6.45) is 3.88. The Morgan fingerprint density at radius 2 is 1.88 bits per heavy atom. The molecule has 4 nitrogen and oxygen atoms in total. The summed E-state index contributed by atoms with van der Waals surface area (Å²) in [4.78, 5) is 15.3. The summed E-state index contributed by atoms with van der Waals surface area (Å²) in [5, 5.41) is 0. The van der Waals surface area contributed by atoms with Crippen LogP contribution in [-0.4, -0.2) is 55.5 Å². The van der Waals surface area contributed by atoms with Gasteiger partial charge in [0.25, 0.3) is 0 Å². The topological polar surface area (TPSA) is 49.6 Å². The highest BCUT2D eigenvalue weighted by Gasteiger charge is 2.19. The van der Waals surface area contributed by atoms with Crippen LogP contribution >= 0.6 is 0 Å². The molecule has 1 amide bonds. The van der Waals surface area contributed by atoms with Crippen LogP contribution < -0.4 is 5.73 Å². The predicted molar refractivity (Wildman–Crippen MR) is 72.9 cm³/mol. The van der Waals surface area contributed by atoms with Crippen LogP contribution in [0.15, 0.2) is 0 Å². The van der Waals surface area contributed by atoms with Crippen LogP contribution in [0.1, 0.15) is 39.5 Å². The molecule has 0 aromatic heterocycles. The van der Waals surface area contributed by atoms with Gasteiger partial charge in [0, 0.05) is 12.5 Å². The quantitative estimate of drug-likeness (QED) is 0.792. The molecule has 0 aliphatic carbocycles. The van der Waals surface area contributed by atoms with Crippen molar-refractivity contribution in [1.29, 1.82) is 0 Å². The van der Waals surface area contributed by atoms with Crippen molar-refractivity contribution in [1.82, 2.24) is 9.80 Å². The molecular weight excluding hydrogens is 214 g/mol. The monoisotopic (exact) mass is 243 g/mol. The predicted octanol–water partition coefficient (Wildman–Crippen LogP) is 1.30. The van der Waals surface area contributed by atoms with Gasteiger partial charge in [-0.05, 0) is 53.0 Å². The maximum absolute atomic E-state index is 10.6. The van der Waals surface area contributed by atoms with Crippen LogP contribution in [0, 0.1) is 0 Å². The van der Waals surface area contributed by atoms with Crippen molar-refractivity contribution in [3.8, 4) is 0 Å². The second-order valence-electron chi connectivity index (χ2n) is 4.58. The van der Waals surface area contributed by atoms with Gasteiger partial charge in [0.1, 0.15) is 0 Å². The number of amides is 1. The first-order valence-electron chi connectivity index (χ1n) is 6.76. The van der Waals surface area contributed by atoms with Crippen LogP contribution in [0.2, 0.25) is 0 Å². The van der Waals surface area contributed by atoms with Crippen LogP contribution in [0.3, 0.4) is 0 Å². The van der Waals surface area contributed by atoms with Gasteiger partial charge < -0.3 is 15.5 Å². The Morgan fingerprint density at radius 1 is 1.35 bits per heavy atom.